The lowest BCUT2D eigenvalue weighted by molar-refractivity contribution is 0.389. The van der Waals surface area contributed by atoms with E-state index in [4.69, 9.17) is 0 Å². The highest BCUT2D eigenvalue weighted by Crippen LogP contribution is 2.20. The maximum absolute atomic E-state index is 3.80. The van der Waals surface area contributed by atoms with Crippen molar-refractivity contribution in [3.05, 3.63) is 48.0 Å². The third-order valence-electron chi connectivity index (χ3n) is 4.57. The average molecular weight is 267 g/mol. The average Bonchev–Trinajstić information content (AvgIpc) is 2.46. The van der Waals surface area contributed by atoms with Crippen LogP contribution in [-0.2, 0) is 6.54 Å². The maximum atomic E-state index is 3.80. The molecular formula is C19H25N. The van der Waals surface area contributed by atoms with Gasteiger partial charge in [0.25, 0.3) is 0 Å². The molecule has 1 saturated carbocycles. The molecule has 1 nitrogen and oxygen atoms in total. The number of benzene rings is 2. The zero-order valence-electron chi connectivity index (χ0n) is 12.3. The van der Waals surface area contributed by atoms with Gasteiger partial charge in [-0.25, -0.2) is 0 Å². The fourth-order valence-corrected chi connectivity index (χ4v) is 3.36. The van der Waals surface area contributed by atoms with Gasteiger partial charge in [-0.15, -0.1) is 0 Å². The van der Waals surface area contributed by atoms with Gasteiger partial charge in [0.15, 0.2) is 0 Å². The number of rotatable bonds is 3. The van der Waals surface area contributed by atoms with Crippen molar-refractivity contribution in [1.82, 2.24) is 5.32 Å². The van der Waals surface area contributed by atoms with Gasteiger partial charge in [0.1, 0.15) is 0 Å². The molecular weight excluding hydrogens is 242 g/mol. The van der Waals surface area contributed by atoms with E-state index in [-0.39, 0.29) is 0 Å². The molecule has 20 heavy (non-hydrogen) atoms. The van der Waals surface area contributed by atoms with Crippen molar-refractivity contribution in [2.24, 2.45) is 0 Å². The van der Waals surface area contributed by atoms with Gasteiger partial charge in [-0.3, -0.25) is 0 Å². The summed E-state index contributed by atoms with van der Waals surface area (Å²) in [6.45, 7) is 1.01. The highest BCUT2D eigenvalue weighted by molar-refractivity contribution is 5.85. The summed E-state index contributed by atoms with van der Waals surface area (Å²) in [5, 5.41) is 6.55. The van der Waals surface area contributed by atoms with E-state index in [1.807, 2.05) is 0 Å². The Morgan fingerprint density at radius 1 is 0.800 bits per heavy atom. The fourth-order valence-electron chi connectivity index (χ4n) is 3.36. The van der Waals surface area contributed by atoms with Crippen LogP contribution in [-0.4, -0.2) is 6.04 Å². The Balaban J connectivity index is 1.67. The van der Waals surface area contributed by atoms with Crippen molar-refractivity contribution in [2.75, 3.05) is 0 Å². The van der Waals surface area contributed by atoms with E-state index >= 15 is 0 Å². The maximum Gasteiger partial charge on any atom is 0.0214 e. The lowest BCUT2D eigenvalue weighted by Crippen LogP contribution is -2.29. The first kappa shape index (κ1) is 13.6. The van der Waals surface area contributed by atoms with Gasteiger partial charge in [0.05, 0.1) is 0 Å². The predicted molar refractivity (Wildman–Crippen MR) is 86.9 cm³/mol. The molecule has 0 radical (unpaired) electrons. The molecule has 0 aliphatic heterocycles. The number of hydrogen-bond acceptors (Lipinski definition) is 1. The predicted octanol–water partition coefficient (Wildman–Crippen LogP) is 5.04. The summed E-state index contributed by atoms with van der Waals surface area (Å²) in [5.74, 6) is 0. The Labute approximate surface area is 122 Å². The fraction of sp³-hybridized carbons (Fsp3) is 0.474. The quantitative estimate of drug-likeness (QED) is 0.821. The molecule has 1 aliphatic carbocycles. The van der Waals surface area contributed by atoms with Crippen LogP contribution in [0.4, 0.5) is 0 Å². The Bertz CT molecular complexity index is 533. The second-order valence-corrected chi connectivity index (χ2v) is 6.06. The first-order valence-corrected chi connectivity index (χ1v) is 8.13. The van der Waals surface area contributed by atoms with Crippen LogP contribution in [0.2, 0.25) is 0 Å². The first-order valence-electron chi connectivity index (χ1n) is 8.13. The van der Waals surface area contributed by atoms with Crippen LogP contribution < -0.4 is 5.32 Å². The molecule has 3 rings (SSSR count). The molecule has 0 heterocycles. The third kappa shape index (κ3) is 3.40. The molecule has 2 aromatic rings. The normalized spacial score (nSPS) is 17.8. The van der Waals surface area contributed by atoms with Gasteiger partial charge in [0.2, 0.25) is 0 Å². The zero-order chi connectivity index (χ0) is 13.6. The molecule has 106 valence electrons. The largest absolute Gasteiger partial charge is 0.310 e. The second kappa shape index (κ2) is 6.90. The molecule has 0 unspecified atom stereocenters. The third-order valence-corrected chi connectivity index (χ3v) is 4.57. The minimum atomic E-state index is 0.717. The van der Waals surface area contributed by atoms with E-state index in [1.54, 1.807) is 0 Å². The van der Waals surface area contributed by atoms with E-state index in [0.29, 0.717) is 6.04 Å². The molecule has 2 aromatic carbocycles. The Morgan fingerprint density at radius 3 is 2.35 bits per heavy atom. The minimum Gasteiger partial charge on any atom is -0.310 e. The van der Waals surface area contributed by atoms with Crippen molar-refractivity contribution < 1.29 is 0 Å². The van der Waals surface area contributed by atoms with E-state index in [1.165, 1.54) is 61.3 Å². The van der Waals surface area contributed by atoms with Crippen molar-refractivity contribution in [1.29, 1.82) is 0 Å². The van der Waals surface area contributed by atoms with Gasteiger partial charge < -0.3 is 5.32 Å². The molecule has 0 saturated heterocycles. The van der Waals surface area contributed by atoms with Crippen molar-refractivity contribution in [3.63, 3.8) is 0 Å². The molecule has 0 spiro atoms. The number of nitrogens with one attached hydrogen (secondary N) is 1. The SMILES string of the molecule is c1ccc2c(CNC3CCCCCCC3)cccc2c1. The highest BCUT2D eigenvalue weighted by Gasteiger charge is 2.11. The molecule has 0 bridgehead atoms. The second-order valence-electron chi connectivity index (χ2n) is 6.06. The van der Waals surface area contributed by atoms with Crippen molar-refractivity contribution in [2.45, 2.75) is 57.5 Å². The summed E-state index contributed by atoms with van der Waals surface area (Å²) in [7, 11) is 0. The monoisotopic (exact) mass is 267 g/mol. The van der Waals surface area contributed by atoms with E-state index < -0.39 is 0 Å². The smallest absolute Gasteiger partial charge is 0.0214 e. The van der Waals surface area contributed by atoms with E-state index in [9.17, 15) is 0 Å². The molecule has 0 amide bonds. The summed E-state index contributed by atoms with van der Waals surface area (Å²) < 4.78 is 0. The van der Waals surface area contributed by atoms with Gasteiger partial charge in [-0.05, 0) is 29.2 Å². The summed E-state index contributed by atoms with van der Waals surface area (Å²) in [5.41, 5.74) is 1.44. The van der Waals surface area contributed by atoms with Crippen LogP contribution in [0.5, 0.6) is 0 Å². The highest BCUT2D eigenvalue weighted by atomic mass is 14.9. The summed E-state index contributed by atoms with van der Waals surface area (Å²) in [6, 6.07) is 16.1. The Hall–Kier alpha value is -1.34. The molecule has 1 N–H and O–H groups in total. The van der Waals surface area contributed by atoms with E-state index in [0.717, 1.165) is 6.54 Å². The molecule has 1 aliphatic rings. The van der Waals surface area contributed by atoms with Gasteiger partial charge in [-0.1, -0.05) is 74.6 Å². The van der Waals surface area contributed by atoms with Crippen molar-refractivity contribution >= 4 is 10.8 Å². The van der Waals surface area contributed by atoms with Gasteiger partial charge in [0, 0.05) is 12.6 Å². The summed E-state index contributed by atoms with van der Waals surface area (Å²) in [4.78, 5) is 0. The van der Waals surface area contributed by atoms with Crippen LogP contribution >= 0.6 is 0 Å². The molecule has 1 fully saturated rings. The summed E-state index contributed by atoms with van der Waals surface area (Å²) in [6.07, 6.45) is 9.78. The summed E-state index contributed by atoms with van der Waals surface area (Å²) >= 11 is 0. The lowest BCUT2D eigenvalue weighted by Gasteiger charge is -2.21. The molecule has 0 aromatic heterocycles. The standard InChI is InChI=1S/C19H25N/c1-2-4-12-18(13-5-3-1)20-15-17-11-8-10-16-9-6-7-14-19(16)17/h6-11,14,18,20H,1-5,12-13,15H2. The molecule has 1 heteroatoms. The van der Waals surface area contributed by atoms with Crippen LogP contribution in [0.1, 0.15) is 50.5 Å². The van der Waals surface area contributed by atoms with Crippen LogP contribution in [0.15, 0.2) is 42.5 Å². The molecule has 0 atom stereocenters. The Kier molecular flexibility index (Phi) is 4.70. The topological polar surface area (TPSA) is 12.0 Å². The van der Waals surface area contributed by atoms with Crippen LogP contribution in [0.25, 0.3) is 10.8 Å². The zero-order valence-corrected chi connectivity index (χ0v) is 12.3. The van der Waals surface area contributed by atoms with Gasteiger partial charge in [-0.2, -0.15) is 0 Å². The lowest BCUT2D eigenvalue weighted by atomic mass is 9.96. The Morgan fingerprint density at radius 2 is 1.50 bits per heavy atom. The van der Waals surface area contributed by atoms with E-state index in [2.05, 4.69) is 47.8 Å². The number of hydrogen-bond donors (Lipinski definition) is 1. The van der Waals surface area contributed by atoms with Crippen LogP contribution in [0.3, 0.4) is 0 Å². The van der Waals surface area contributed by atoms with Crippen LogP contribution in [0, 0.1) is 0 Å². The minimum absolute atomic E-state index is 0.717. The van der Waals surface area contributed by atoms with Gasteiger partial charge >= 0.3 is 0 Å². The van der Waals surface area contributed by atoms with Crippen molar-refractivity contribution in [3.8, 4) is 0 Å². The first-order chi connectivity index (χ1) is 9.93. The number of fused-ring (bicyclic) bond motifs is 1.